The van der Waals surface area contributed by atoms with Gasteiger partial charge < -0.3 is 63.4 Å². The fourth-order valence-electron chi connectivity index (χ4n) is 14.1. The van der Waals surface area contributed by atoms with Gasteiger partial charge in [-0.2, -0.15) is 0 Å². The van der Waals surface area contributed by atoms with Gasteiger partial charge in [0.15, 0.2) is 11.7 Å². The number of carbonyl (C=O) groups excluding carboxylic acids is 2. The van der Waals surface area contributed by atoms with Gasteiger partial charge in [-0.15, -0.1) is 0 Å². The number of β-amino-alcohol motifs (C(OH)–C–C–N with tert-alkyl or cyclic N) is 1. The van der Waals surface area contributed by atoms with Gasteiger partial charge >= 0.3 is 0 Å². The zero-order valence-corrected chi connectivity index (χ0v) is 49.2. The summed E-state index contributed by atoms with van der Waals surface area (Å²) < 4.78 is 6.28. The van der Waals surface area contributed by atoms with E-state index in [0.717, 1.165) is 46.4 Å². The second-order valence-corrected chi connectivity index (χ2v) is 24.3. The topological polar surface area (TPSA) is 283 Å². The second-order valence-electron chi connectivity index (χ2n) is 24.3. The van der Waals surface area contributed by atoms with Crippen molar-refractivity contribution in [3.63, 3.8) is 0 Å². The number of nitrogens with two attached hydrogens (primary N) is 3. The highest BCUT2D eigenvalue weighted by molar-refractivity contribution is 5.98. The molecule has 13 atom stereocenters. The number of aliphatic hydroxyl groups excluding tert-OH is 3. The Kier molecular flexibility index (Phi) is 21.3. The number of aliphatic imine (C=N–C) groups is 1. The normalized spacial score (nSPS) is 32.1. The molecule has 1 amide bonds. The number of hydrogen-bond donors (Lipinski definition) is 12. The zero-order valence-electron chi connectivity index (χ0n) is 49.2. The number of guanidine groups is 1. The van der Waals surface area contributed by atoms with Crippen LogP contribution in [0.1, 0.15) is 131 Å². The third kappa shape index (κ3) is 14.8. The Morgan fingerprint density at radius 2 is 1.73 bits per heavy atom. The van der Waals surface area contributed by atoms with E-state index in [-0.39, 0.29) is 62.3 Å². The van der Waals surface area contributed by atoms with E-state index in [4.69, 9.17) is 21.9 Å². The number of allylic oxidation sites excluding steroid dienone is 5. The highest BCUT2D eigenvalue weighted by Gasteiger charge is 2.64. The summed E-state index contributed by atoms with van der Waals surface area (Å²) in [5.41, 5.74) is 24.6. The molecule has 0 radical (unpaired) electrons. The molecule has 3 aromatic rings. The lowest BCUT2D eigenvalue weighted by Gasteiger charge is -2.56. The third-order valence-electron chi connectivity index (χ3n) is 18.6. The van der Waals surface area contributed by atoms with E-state index in [2.05, 4.69) is 64.6 Å². The molecule has 3 aromatic carbocycles. The van der Waals surface area contributed by atoms with Crippen LogP contribution in [0.15, 0.2) is 130 Å². The molecule has 0 saturated heterocycles. The summed E-state index contributed by atoms with van der Waals surface area (Å²) in [7, 11) is 1.94. The number of fused-ring (bicyclic) bond motifs is 4. The smallest absolute Gasteiger partial charge is 0.243 e. The Morgan fingerprint density at radius 3 is 2.48 bits per heavy atom. The van der Waals surface area contributed by atoms with Crippen molar-refractivity contribution in [1.82, 2.24) is 21.3 Å². The molecule has 2 fully saturated rings. The van der Waals surface area contributed by atoms with Crippen molar-refractivity contribution in [2.75, 3.05) is 39.9 Å². The van der Waals surface area contributed by atoms with Crippen LogP contribution < -0.4 is 38.5 Å². The van der Waals surface area contributed by atoms with Crippen molar-refractivity contribution in [2.45, 2.75) is 152 Å². The fourth-order valence-corrected chi connectivity index (χ4v) is 14.1. The molecule has 83 heavy (non-hydrogen) atoms. The van der Waals surface area contributed by atoms with Crippen LogP contribution in [0.25, 0.3) is 0 Å². The number of nitrogens with zero attached hydrogens (tertiary/aromatic N) is 1. The van der Waals surface area contributed by atoms with Crippen LogP contribution in [-0.2, 0) is 33.6 Å². The molecule has 1 spiro atoms. The van der Waals surface area contributed by atoms with Crippen LogP contribution in [0, 0.1) is 35.0 Å². The molecule has 5 aliphatic rings. The third-order valence-corrected chi connectivity index (χ3v) is 18.6. The van der Waals surface area contributed by atoms with Crippen LogP contribution >= 0.6 is 0 Å². The number of carbonyl (C=O) groups is 2. The average Bonchev–Trinajstić information content (AvgIpc) is 3.23. The first kappa shape index (κ1) is 62.8. The molecule has 2 aliphatic carbocycles. The van der Waals surface area contributed by atoms with Gasteiger partial charge in [0.2, 0.25) is 5.91 Å². The maximum Gasteiger partial charge on any atom is 0.243 e. The van der Waals surface area contributed by atoms with Crippen LogP contribution in [0.4, 0.5) is 0 Å². The number of benzene rings is 3. The van der Waals surface area contributed by atoms with Crippen molar-refractivity contribution < 1.29 is 39.9 Å². The molecule has 3 heterocycles. The Balaban J connectivity index is 1.19. The highest BCUT2D eigenvalue weighted by Crippen LogP contribution is 2.63. The number of nitrogens with one attached hydrogen (secondary N) is 4. The molecular formula is C67H90N8O8. The number of hydrogen-bond acceptors (Lipinski definition) is 13. The van der Waals surface area contributed by atoms with Crippen LogP contribution in [-0.4, -0.2) is 119 Å². The molecule has 3 aliphatic heterocycles. The highest BCUT2D eigenvalue weighted by atomic mass is 16.5. The first-order valence-corrected chi connectivity index (χ1v) is 29.7. The van der Waals surface area contributed by atoms with Gasteiger partial charge in [0.1, 0.15) is 24.6 Å². The van der Waals surface area contributed by atoms with Gasteiger partial charge in [0.25, 0.3) is 0 Å². The van der Waals surface area contributed by atoms with E-state index >= 15 is 4.79 Å². The summed E-state index contributed by atoms with van der Waals surface area (Å²) in [5.74, 6) is 3.85. The zero-order chi connectivity index (χ0) is 59.6. The number of ether oxygens (including phenoxy) is 1. The van der Waals surface area contributed by atoms with E-state index < -0.39 is 71.1 Å². The molecule has 15 N–H and O–H groups in total. The lowest BCUT2D eigenvalue weighted by molar-refractivity contribution is -0.168. The van der Waals surface area contributed by atoms with Crippen molar-refractivity contribution in [2.24, 2.45) is 45.4 Å². The minimum Gasteiger partial charge on any atom is -0.508 e. The van der Waals surface area contributed by atoms with Crippen molar-refractivity contribution >= 4 is 17.6 Å². The first-order chi connectivity index (χ1) is 39.7. The SMILES string of the molecule is C=C1/C=C/C=C(\[C@H]2CC[C@@]3([C@@H]4CC[C@H](O)Cc5cccc(c5)C[C@H]([C@H](CN=C(N)N)c5ccc(O)cc5)[C@H](O)CN[C@H]5C(=O)N[C@H](N)c6cccc(c65)CC(=O)C(C)=C4CC[C@@]3(C)O)[C@@H]2O)COCC#CC/C(C)=C/C[C@@H]1N[C@@H](C)CNC. The van der Waals surface area contributed by atoms with Crippen LogP contribution in [0.2, 0.25) is 0 Å². The molecule has 446 valence electrons. The number of Topliss-reactive ketones (excluding diaryl/α,β-unsaturated/α-hetero) is 1. The number of phenolic OH excluding ortho intramolecular Hbond substituents is 1. The largest absolute Gasteiger partial charge is 0.508 e. The quantitative estimate of drug-likeness (QED) is 0.0523. The molecule has 2 bridgehead atoms. The molecule has 2 saturated carbocycles. The summed E-state index contributed by atoms with van der Waals surface area (Å²) >= 11 is 0. The second kappa shape index (κ2) is 28.1. The van der Waals surface area contributed by atoms with Gasteiger partial charge in [0, 0.05) is 61.8 Å². The number of aliphatic hydroxyl groups is 4. The monoisotopic (exact) mass is 1130 g/mol. The minimum atomic E-state index is -1.38. The maximum atomic E-state index is 15.2. The Bertz CT molecular complexity index is 3020. The standard InChI is InChI=1S/C67H90N8O8/c1-40-12-7-8-31-83-39-48(17-9-13-41(2)57(26-19-40)74-42(3)36-71-6)52-28-30-67(62(52)80)56-25-24-50(77)33-44-14-10-15-45(32-44)34-54(55(37-73-65(69)70)46-20-22-49(76)23-21-46)59(79)38-72-61-60-47(16-11-18-53(60)63(68)75-64(61)81)35-58(78)43(4)51(56)27-29-66(67,5)82/h9-11,13-23,32,42,50,52,54-57,59,61-63,71-72,74,76-77,79-80,82H,2,12,24-31,33-39,68H2,1,3-6H3,(H,75,81)(H4,69,70,73)/b13-9+,40-19+,48-17-,51-43?/t42-,50-,52+,54+,55+,56+,57-,59+,61+,62+,63-,66+,67+/m0/s1. The van der Waals surface area contributed by atoms with Gasteiger partial charge in [-0.25, -0.2) is 0 Å². The first-order valence-electron chi connectivity index (χ1n) is 29.7. The van der Waals surface area contributed by atoms with Gasteiger partial charge in [-0.05, 0) is 167 Å². The van der Waals surface area contributed by atoms with Crippen LogP contribution in [0.3, 0.4) is 0 Å². The fraction of sp³-hybridized carbons (Fsp3) is 0.507. The molecule has 8 rings (SSSR count). The number of phenols is 1. The summed E-state index contributed by atoms with van der Waals surface area (Å²) in [4.78, 5) is 33.9. The molecule has 0 unspecified atom stereocenters. The molecule has 0 aromatic heterocycles. The van der Waals surface area contributed by atoms with Gasteiger partial charge in [0.05, 0.1) is 30.5 Å². The average molecular weight is 1140 g/mol. The number of likely N-dealkylation sites (N-methyl/N-ethyl adjacent to an activating group) is 1. The van der Waals surface area contributed by atoms with Crippen molar-refractivity contribution in [3.8, 4) is 17.6 Å². The predicted molar refractivity (Wildman–Crippen MR) is 327 cm³/mol. The Morgan fingerprint density at radius 1 is 0.988 bits per heavy atom. The van der Waals surface area contributed by atoms with Crippen LogP contribution in [0.5, 0.6) is 5.75 Å². The molecule has 16 heteroatoms. The number of aromatic hydroxyl groups is 1. The number of rotatable bonds is 9. The summed E-state index contributed by atoms with van der Waals surface area (Å²) in [6.07, 6.45) is 8.63. The van der Waals surface area contributed by atoms with Gasteiger partial charge in [-0.1, -0.05) is 108 Å². The Hall–Kier alpha value is -6.23. The van der Waals surface area contributed by atoms with Gasteiger partial charge in [-0.3, -0.25) is 19.9 Å². The molecule has 16 nitrogen and oxygen atoms in total. The van der Waals surface area contributed by atoms with E-state index in [1.165, 1.54) is 5.57 Å². The van der Waals surface area contributed by atoms with E-state index in [0.29, 0.717) is 80.1 Å². The van der Waals surface area contributed by atoms with E-state index in [9.17, 15) is 30.3 Å². The lowest BCUT2D eigenvalue weighted by Crippen LogP contribution is -2.59. The number of amides is 1. The lowest BCUT2D eigenvalue weighted by atomic mass is 9.52. The number of ketones is 1. The van der Waals surface area contributed by atoms with Crippen molar-refractivity contribution in [3.05, 3.63) is 159 Å². The van der Waals surface area contributed by atoms with E-state index in [1.807, 2.05) is 81.6 Å². The summed E-state index contributed by atoms with van der Waals surface area (Å²) in [6.45, 7) is 13.6. The maximum absolute atomic E-state index is 15.2. The predicted octanol–water partition coefficient (Wildman–Crippen LogP) is 5.80. The summed E-state index contributed by atoms with van der Waals surface area (Å²) in [6, 6.07) is 19.3. The molecular weight excluding hydrogens is 1040 g/mol. The minimum absolute atomic E-state index is 0.0301. The summed E-state index contributed by atoms with van der Waals surface area (Å²) in [5, 5.41) is 74.5. The van der Waals surface area contributed by atoms with E-state index in [1.54, 1.807) is 24.3 Å². The Labute approximate surface area is 490 Å². The van der Waals surface area contributed by atoms with Crippen molar-refractivity contribution in [1.29, 1.82) is 0 Å².